The van der Waals surface area contributed by atoms with E-state index in [1.165, 1.54) is 30.6 Å². The molecule has 0 radical (unpaired) electrons. The highest BCUT2D eigenvalue weighted by Gasteiger charge is 2.20. The van der Waals surface area contributed by atoms with Crippen LogP contribution >= 0.6 is 0 Å². The minimum Gasteiger partial charge on any atom is -0.284 e. The van der Waals surface area contributed by atoms with Gasteiger partial charge < -0.3 is 0 Å². The molecule has 0 amide bonds. The second-order valence-electron chi connectivity index (χ2n) is 6.94. The Morgan fingerprint density at radius 1 is 0.929 bits per heavy atom. The monoisotopic (exact) mass is 386 g/mol. The van der Waals surface area contributed by atoms with E-state index in [4.69, 9.17) is 0 Å². The Morgan fingerprint density at radius 3 is 2.29 bits per heavy atom. The van der Waals surface area contributed by atoms with Crippen molar-refractivity contribution >= 4 is 21.8 Å². The fraction of sp³-hybridized carbons (Fsp3) is 0.227. The van der Waals surface area contributed by atoms with Gasteiger partial charge in [0.05, 0.1) is 11.0 Å². The van der Waals surface area contributed by atoms with Gasteiger partial charge in [-0.05, 0) is 47.7 Å². The maximum Gasteiger partial charge on any atom is 0.319 e. The van der Waals surface area contributed by atoms with Crippen molar-refractivity contribution in [1.29, 1.82) is 0 Å². The SMILES string of the molecule is CCC(C)c1c(F)cc(-c2ccc3c4cnccc4n(C(F)F)c3c2)cc1F. The number of fused-ring (bicyclic) bond motifs is 3. The smallest absolute Gasteiger partial charge is 0.284 e. The van der Waals surface area contributed by atoms with Crippen LogP contribution in [0.1, 0.15) is 38.3 Å². The number of hydrogen-bond acceptors (Lipinski definition) is 1. The van der Waals surface area contributed by atoms with Gasteiger partial charge in [-0.25, -0.2) is 8.78 Å². The lowest BCUT2D eigenvalue weighted by atomic mass is 9.94. The first kappa shape index (κ1) is 18.5. The van der Waals surface area contributed by atoms with E-state index in [0.29, 0.717) is 39.4 Å². The number of halogens is 4. The topological polar surface area (TPSA) is 17.8 Å². The summed E-state index contributed by atoms with van der Waals surface area (Å²) in [5.41, 5.74) is 1.50. The van der Waals surface area contributed by atoms with E-state index >= 15 is 0 Å². The van der Waals surface area contributed by atoms with Gasteiger partial charge in [0.25, 0.3) is 0 Å². The molecule has 0 aliphatic heterocycles. The van der Waals surface area contributed by atoms with Crippen molar-refractivity contribution in [2.45, 2.75) is 32.7 Å². The summed E-state index contributed by atoms with van der Waals surface area (Å²) in [7, 11) is 0. The predicted molar refractivity (Wildman–Crippen MR) is 103 cm³/mol. The van der Waals surface area contributed by atoms with Crippen LogP contribution in [0.3, 0.4) is 0 Å². The Balaban J connectivity index is 1.94. The number of pyridine rings is 1. The van der Waals surface area contributed by atoms with Gasteiger partial charge in [0.1, 0.15) is 11.6 Å². The average Bonchev–Trinajstić information content (AvgIpc) is 3.01. The molecule has 0 saturated carbocycles. The average molecular weight is 386 g/mol. The first-order valence-corrected chi connectivity index (χ1v) is 9.07. The molecular weight excluding hydrogens is 368 g/mol. The molecule has 1 atom stereocenters. The van der Waals surface area contributed by atoms with Gasteiger partial charge in [-0.15, -0.1) is 0 Å². The van der Waals surface area contributed by atoms with Gasteiger partial charge in [0, 0.05) is 28.7 Å². The van der Waals surface area contributed by atoms with Crippen molar-refractivity contribution in [2.24, 2.45) is 0 Å². The first-order valence-electron chi connectivity index (χ1n) is 9.07. The molecule has 4 aromatic rings. The molecule has 2 aromatic heterocycles. The summed E-state index contributed by atoms with van der Waals surface area (Å²) in [6.07, 6.45) is 3.61. The highest BCUT2D eigenvalue weighted by Crippen LogP contribution is 2.36. The second-order valence-corrected chi connectivity index (χ2v) is 6.94. The molecule has 4 rings (SSSR count). The van der Waals surface area contributed by atoms with Crippen LogP contribution in [0.15, 0.2) is 48.8 Å². The van der Waals surface area contributed by atoms with E-state index < -0.39 is 18.2 Å². The van der Waals surface area contributed by atoms with Crippen LogP contribution in [-0.2, 0) is 0 Å². The summed E-state index contributed by atoms with van der Waals surface area (Å²) < 4.78 is 57.5. The van der Waals surface area contributed by atoms with Crippen molar-refractivity contribution in [1.82, 2.24) is 9.55 Å². The normalized spacial score (nSPS) is 13.0. The molecule has 2 heterocycles. The van der Waals surface area contributed by atoms with Crippen LogP contribution in [0.5, 0.6) is 0 Å². The maximum absolute atomic E-state index is 14.5. The van der Waals surface area contributed by atoms with Gasteiger partial charge in [-0.1, -0.05) is 26.0 Å². The van der Waals surface area contributed by atoms with Crippen molar-refractivity contribution in [3.05, 3.63) is 66.0 Å². The summed E-state index contributed by atoms with van der Waals surface area (Å²) in [5, 5.41) is 1.22. The third-order valence-corrected chi connectivity index (χ3v) is 5.32. The van der Waals surface area contributed by atoms with E-state index in [0.717, 1.165) is 4.57 Å². The van der Waals surface area contributed by atoms with Crippen LogP contribution in [0.4, 0.5) is 17.6 Å². The Hall–Kier alpha value is -2.89. The lowest BCUT2D eigenvalue weighted by molar-refractivity contribution is 0.0796. The molecule has 6 heteroatoms. The molecule has 0 fully saturated rings. The molecule has 0 aliphatic carbocycles. The van der Waals surface area contributed by atoms with Crippen LogP contribution in [0.25, 0.3) is 32.9 Å². The zero-order valence-electron chi connectivity index (χ0n) is 15.4. The molecule has 0 spiro atoms. The lowest BCUT2D eigenvalue weighted by Crippen LogP contribution is -2.01. The largest absolute Gasteiger partial charge is 0.319 e. The van der Waals surface area contributed by atoms with Gasteiger partial charge in [0.15, 0.2) is 0 Å². The minimum absolute atomic E-state index is 0.0556. The van der Waals surface area contributed by atoms with E-state index in [-0.39, 0.29) is 11.5 Å². The fourth-order valence-electron chi connectivity index (χ4n) is 3.71. The molecule has 0 bridgehead atoms. The highest BCUT2D eigenvalue weighted by atomic mass is 19.3. The van der Waals surface area contributed by atoms with Crippen molar-refractivity contribution in [3.8, 4) is 11.1 Å². The zero-order valence-corrected chi connectivity index (χ0v) is 15.4. The molecule has 0 N–H and O–H groups in total. The van der Waals surface area contributed by atoms with E-state index in [9.17, 15) is 17.6 Å². The summed E-state index contributed by atoms with van der Waals surface area (Å²) in [5.74, 6) is -1.49. The number of rotatable bonds is 4. The lowest BCUT2D eigenvalue weighted by Gasteiger charge is -2.14. The van der Waals surface area contributed by atoms with Gasteiger partial charge in [-0.3, -0.25) is 9.55 Å². The molecule has 2 aromatic carbocycles. The number of benzene rings is 2. The summed E-state index contributed by atoms with van der Waals surface area (Å²) >= 11 is 0. The van der Waals surface area contributed by atoms with Crippen molar-refractivity contribution in [2.75, 3.05) is 0 Å². The molecule has 0 saturated heterocycles. The van der Waals surface area contributed by atoms with E-state index in [2.05, 4.69) is 4.98 Å². The number of aromatic nitrogens is 2. The molecule has 144 valence electrons. The summed E-state index contributed by atoms with van der Waals surface area (Å²) in [6.45, 7) is 0.880. The van der Waals surface area contributed by atoms with Gasteiger partial charge in [-0.2, -0.15) is 8.78 Å². The zero-order chi connectivity index (χ0) is 20.0. The van der Waals surface area contributed by atoms with Crippen LogP contribution in [-0.4, -0.2) is 9.55 Å². The Bertz CT molecular complexity index is 1160. The van der Waals surface area contributed by atoms with Crippen LogP contribution in [0, 0.1) is 11.6 Å². The third kappa shape index (κ3) is 2.84. The quantitative estimate of drug-likeness (QED) is 0.344. The van der Waals surface area contributed by atoms with E-state index in [1.807, 2.05) is 6.92 Å². The van der Waals surface area contributed by atoms with Crippen molar-refractivity contribution < 1.29 is 17.6 Å². The molecule has 28 heavy (non-hydrogen) atoms. The number of alkyl halides is 2. The highest BCUT2D eigenvalue weighted by molar-refractivity contribution is 6.08. The van der Waals surface area contributed by atoms with Gasteiger partial charge in [0.2, 0.25) is 0 Å². The fourth-order valence-corrected chi connectivity index (χ4v) is 3.71. The molecular formula is C22H18F4N2. The van der Waals surface area contributed by atoms with Crippen LogP contribution < -0.4 is 0 Å². The van der Waals surface area contributed by atoms with Crippen molar-refractivity contribution in [3.63, 3.8) is 0 Å². The summed E-state index contributed by atoms with van der Waals surface area (Å²) in [4.78, 5) is 4.02. The third-order valence-electron chi connectivity index (χ3n) is 5.32. The standard InChI is InChI=1S/C22H18F4N2/c1-3-12(2)21-17(23)8-14(9-18(21)24)13-4-5-15-16-11-27-7-6-19(16)28(22(25)26)20(15)10-13/h4-12,22H,3H2,1-2H3. The second kappa shape index (κ2) is 6.93. The number of hydrogen-bond donors (Lipinski definition) is 0. The first-order chi connectivity index (χ1) is 13.4. The Kier molecular flexibility index (Phi) is 4.57. The van der Waals surface area contributed by atoms with Gasteiger partial charge >= 0.3 is 6.55 Å². The minimum atomic E-state index is -2.75. The summed E-state index contributed by atoms with van der Waals surface area (Å²) in [6, 6.07) is 8.97. The molecule has 2 nitrogen and oxygen atoms in total. The Morgan fingerprint density at radius 2 is 1.64 bits per heavy atom. The van der Waals surface area contributed by atoms with E-state index in [1.54, 1.807) is 25.1 Å². The molecule has 0 aliphatic rings. The molecule has 1 unspecified atom stereocenters. The maximum atomic E-state index is 14.5. The van der Waals surface area contributed by atoms with Crippen LogP contribution in [0.2, 0.25) is 0 Å². The number of nitrogens with zero attached hydrogens (tertiary/aromatic N) is 2. The predicted octanol–water partition coefficient (Wildman–Crippen LogP) is 7.04. The Labute approximate surface area is 159 Å².